The third-order valence-electron chi connectivity index (χ3n) is 4.44. The van der Waals surface area contributed by atoms with Crippen molar-refractivity contribution in [3.8, 4) is 17.0 Å². The fourth-order valence-corrected chi connectivity index (χ4v) is 2.89. The molecule has 0 saturated carbocycles. The summed E-state index contributed by atoms with van der Waals surface area (Å²) in [5.41, 5.74) is 3.41. The fraction of sp³-hybridized carbons (Fsp3) is 0.238. The number of hydrogen-bond donors (Lipinski definition) is 1. The quantitative estimate of drug-likeness (QED) is 0.713. The number of methoxy groups -OCH3 is 1. The van der Waals surface area contributed by atoms with Crippen molar-refractivity contribution >= 4 is 11.6 Å². The number of aryl methyl sites for hydroxylation is 2. The van der Waals surface area contributed by atoms with Crippen LogP contribution in [-0.4, -0.2) is 27.8 Å². The van der Waals surface area contributed by atoms with Crippen LogP contribution in [0.15, 0.2) is 53.5 Å². The Labute approximate surface area is 163 Å². The largest absolute Gasteiger partial charge is 0.497 e. The summed E-state index contributed by atoms with van der Waals surface area (Å²) in [6.45, 7) is 3.76. The van der Waals surface area contributed by atoms with Gasteiger partial charge in [-0.25, -0.2) is 9.48 Å². The molecular weight excluding hydrogens is 356 g/mol. The van der Waals surface area contributed by atoms with Crippen molar-refractivity contribution in [3.63, 3.8) is 0 Å². The standard InChI is InChI=1S/C21H22N4O3/c1-4-15-7-5-6-14(2)20(15)24-19(26)13-25-21(27)23-18(12-22-25)16-8-10-17(28-3)11-9-16/h5-12H,4,13H2,1-3H3,(H,24,26). The SMILES string of the molecule is CCc1cccc(C)c1NC(=O)Cn1ncc(-c2ccc(OC)cc2)nc1=O. The summed E-state index contributed by atoms with van der Waals surface area (Å²) in [4.78, 5) is 28.8. The number of rotatable bonds is 6. The molecule has 0 unspecified atom stereocenters. The van der Waals surface area contributed by atoms with E-state index in [1.807, 2.05) is 32.0 Å². The molecule has 0 aliphatic heterocycles. The molecule has 0 bridgehead atoms. The Hall–Kier alpha value is -3.48. The van der Waals surface area contributed by atoms with Gasteiger partial charge in [-0.3, -0.25) is 4.79 Å². The number of nitrogens with zero attached hydrogens (tertiary/aromatic N) is 3. The van der Waals surface area contributed by atoms with E-state index in [0.717, 1.165) is 33.5 Å². The topological polar surface area (TPSA) is 86.1 Å². The number of ether oxygens (including phenoxy) is 1. The van der Waals surface area contributed by atoms with E-state index in [0.29, 0.717) is 11.4 Å². The summed E-state index contributed by atoms with van der Waals surface area (Å²) in [6, 6.07) is 13.0. The molecule has 7 nitrogen and oxygen atoms in total. The normalized spacial score (nSPS) is 10.5. The fourth-order valence-electron chi connectivity index (χ4n) is 2.89. The van der Waals surface area contributed by atoms with E-state index >= 15 is 0 Å². The van der Waals surface area contributed by atoms with Crippen molar-refractivity contribution in [2.75, 3.05) is 12.4 Å². The van der Waals surface area contributed by atoms with E-state index in [1.54, 1.807) is 31.4 Å². The third kappa shape index (κ3) is 4.25. The molecule has 144 valence electrons. The molecule has 3 aromatic rings. The summed E-state index contributed by atoms with van der Waals surface area (Å²) in [6.07, 6.45) is 2.27. The summed E-state index contributed by atoms with van der Waals surface area (Å²) in [5, 5.41) is 6.98. The molecule has 0 spiro atoms. The predicted molar refractivity (Wildman–Crippen MR) is 107 cm³/mol. The van der Waals surface area contributed by atoms with Gasteiger partial charge in [0.2, 0.25) is 5.91 Å². The minimum absolute atomic E-state index is 0.202. The number of para-hydroxylation sites is 1. The monoisotopic (exact) mass is 378 g/mol. The van der Waals surface area contributed by atoms with E-state index in [9.17, 15) is 9.59 Å². The molecule has 3 rings (SSSR count). The number of carbonyl (C=O) groups excluding carboxylic acids is 1. The molecule has 1 N–H and O–H groups in total. The van der Waals surface area contributed by atoms with Gasteiger partial charge >= 0.3 is 5.69 Å². The Bertz CT molecular complexity index is 1040. The lowest BCUT2D eigenvalue weighted by atomic mass is 10.1. The maximum Gasteiger partial charge on any atom is 0.365 e. The molecule has 0 aliphatic carbocycles. The second-order valence-corrected chi connectivity index (χ2v) is 6.32. The van der Waals surface area contributed by atoms with Crippen LogP contribution in [0.2, 0.25) is 0 Å². The summed E-state index contributed by atoms with van der Waals surface area (Å²) < 4.78 is 6.17. The smallest absolute Gasteiger partial charge is 0.365 e. The second kappa shape index (κ2) is 8.47. The van der Waals surface area contributed by atoms with Gasteiger partial charge in [-0.15, -0.1) is 0 Å². The first-order chi connectivity index (χ1) is 13.5. The van der Waals surface area contributed by atoms with Crippen LogP contribution in [0.4, 0.5) is 5.69 Å². The van der Waals surface area contributed by atoms with Crippen LogP contribution in [0.1, 0.15) is 18.1 Å². The van der Waals surface area contributed by atoms with E-state index in [1.165, 1.54) is 6.20 Å². The van der Waals surface area contributed by atoms with Crippen LogP contribution in [0.3, 0.4) is 0 Å². The minimum Gasteiger partial charge on any atom is -0.497 e. The van der Waals surface area contributed by atoms with Crippen molar-refractivity contribution in [3.05, 3.63) is 70.3 Å². The maximum absolute atomic E-state index is 12.4. The van der Waals surface area contributed by atoms with Crippen molar-refractivity contribution in [1.82, 2.24) is 14.8 Å². The first kappa shape index (κ1) is 19.3. The van der Waals surface area contributed by atoms with Crippen LogP contribution >= 0.6 is 0 Å². The first-order valence-electron chi connectivity index (χ1n) is 8.98. The van der Waals surface area contributed by atoms with Gasteiger partial charge in [-0.1, -0.05) is 25.1 Å². The van der Waals surface area contributed by atoms with Crippen LogP contribution in [-0.2, 0) is 17.8 Å². The highest BCUT2D eigenvalue weighted by Crippen LogP contribution is 2.21. The lowest BCUT2D eigenvalue weighted by molar-refractivity contribution is -0.117. The Morgan fingerprint density at radius 2 is 1.93 bits per heavy atom. The van der Waals surface area contributed by atoms with Gasteiger partial charge in [0.1, 0.15) is 12.3 Å². The van der Waals surface area contributed by atoms with Crippen molar-refractivity contribution in [2.24, 2.45) is 0 Å². The summed E-state index contributed by atoms with van der Waals surface area (Å²) in [5.74, 6) is 0.391. The maximum atomic E-state index is 12.4. The highest BCUT2D eigenvalue weighted by molar-refractivity contribution is 5.92. The Kier molecular flexibility index (Phi) is 5.84. The van der Waals surface area contributed by atoms with E-state index in [2.05, 4.69) is 15.4 Å². The molecule has 0 atom stereocenters. The molecule has 0 fully saturated rings. The van der Waals surface area contributed by atoms with Crippen molar-refractivity contribution in [1.29, 1.82) is 0 Å². The molecular formula is C21H22N4O3. The summed E-state index contributed by atoms with van der Waals surface area (Å²) in [7, 11) is 1.58. The number of nitrogens with one attached hydrogen (secondary N) is 1. The van der Waals surface area contributed by atoms with E-state index < -0.39 is 5.69 Å². The van der Waals surface area contributed by atoms with Crippen LogP contribution in [0.25, 0.3) is 11.3 Å². The number of aromatic nitrogens is 3. The highest BCUT2D eigenvalue weighted by Gasteiger charge is 2.12. The number of anilines is 1. The van der Waals surface area contributed by atoms with Gasteiger partial charge in [0, 0.05) is 11.3 Å². The number of hydrogen-bond acceptors (Lipinski definition) is 5. The lowest BCUT2D eigenvalue weighted by Gasteiger charge is -2.13. The predicted octanol–water partition coefficient (Wildman–Crippen LogP) is 2.82. The molecule has 2 aromatic carbocycles. The van der Waals surface area contributed by atoms with Gasteiger partial charge < -0.3 is 10.1 Å². The third-order valence-corrected chi connectivity index (χ3v) is 4.44. The molecule has 28 heavy (non-hydrogen) atoms. The second-order valence-electron chi connectivity index (χ2n) is 6.32. The molecule has 1 aromatic heterocycles. The van der Waals surface area contributed by atoms with Gasteiger partial charge in [0.25, 0.3) is 0 Å². The number of amides is 1. The lowest BCUT2D eigenvalue weighted by Crippen LogP contribution is -2.31. The van der Waals surface area contributed by atoms with Crippen molar-refractivity contribution < 1.29 is 9.53 Å². The molecule has 0 radical (unpaired) electrons. The van der Waals surface area contributed by atoms with Gasteiger partial charge in [0.05, 0.1) is 19.0 Å². The number of carbonyl (C=O) groups is 1. The average Bonchev–Trinajstić information content (AvgIpc) is 2.71. The Morgan fingerprint density at radius 3 is 2.57 bits per heavy atom. The van der Waals surface area contributed by atoms with E-state index in [-0.39, 0.29) is 12.5 Å². The number of benzene rings is 2. The van der Waals surface area contributed by atoms with Gasteiger partial charge in [0.15, 0.2) is 0 Å². The first-order valence-corrected chi connectivity index (χ1v) is 8.98. The van der Waals surface area contributed by atoms with Crippen molar-refractivity contribution in [2.45, 2.75) is 26.8 Å². The minimum atomic E-state index is -0.580. The van der Waals surface area contributed by atoms with Gasteiger partial charge in [-0.05, 0) is 48.7 Å². The zero-order valence-corrected chi connectivity index (χ0v) is 16.1. The zero-order chi connectivity index (χ0) is 20.1. The Morgan fingerprint density at radius 1 is 1.18 bits per heavy atom. The Balaban J connectivity index is 1.76. The molecule has 7 heteroatoms. The van der Waals surface area contributed by atoms with Gasteiger partial charge in [-0.2, -0.15) is 10.1 Å². The van der Waals surface area contributed by atoms with Crippen LogP contribution in [0, 0.1) is 6.92 Å². The molecule has 1 heterocycles. The molecule has 1 amide bonds. The highest BCUT2D eigenvalue weighted by atomic mass is 16.5. The zero-order valence-electron chi connectivity index (χ0n) is 16.1. The van der Waals surface area contributed by atoms with E-state index in [4.69, 9.17) is 4.74 Å². The molecule has 0 saturated heterocycles. The summed E-state index contributed by atoms with van der Waals surface area (Å²) >= 11 is 0. The average molecular weight is 378 g/mol. The molecule has 0 aliphatic rings. The van der Waals surface area contributed by atoms with Crippen LogP contribution < -0.4 is 15.7 Å². The van der Waals surface area contributed by atoms with Crippen LogP contribution in [0.5, 0.6) is 5.75 Å².